The number of para-hydroxylation sites is 1. The summed E-state index contributed by atoms with van der Waals surface area (Å²) in [6.45, 7) is 5.61. The lowest BCUT2D eigenvalue weighted by molar-refractivity contribution is -0.146. The smallest absolute Gasteiger partial charge is 0.355 e. The van der Waals surface area contributed by atoms with Gasteiger partial charge in [-0.05, 0) is 52.2 Å². The van der Waals surface area contributed by atoms with Crippen molar-refractivity contribution in [3.8, 4) is 0 Å². The number of hydrogen-bond donors (Lipinski definition) is 1. The van der Waals surface area contributed by atoms with Gasteiger partial charge in [0, 0.05) is 29.1 Å². The highest BCUT2D eigenvalue weighted by molar-refractivity contribution is 5.93. The van der Waals surface area contributed by atoms with Crippen molar-refractivity contribution < 1.29 is 14.3 Å². The maximum Gasteiger partial charge on any atom is 0.355 e. The minimum atomic E-state index is -0.902. The van der Waals surface area contributed by atoms with Crippen LogP contribution in [-0.2, 0) is 9.53 Å². The minimum Gasteiger partial charge on any atom is -0.448 e. The van der Waals surface area contributed by atoms with Crippen LogP contribution in [0.25, 0.3) is 10.9 Å². The number of nitrogens with zero attached hydrogens (tertiary/aromatic N) is 1. The van der Waals surface area contributed by atoms with Crippen LogP contribution < -0.4 is 5.43 Å². The third-order valence-corrected chi connectivity index (χ3v) is 5.04. The Hall–Kier alpha value is -2.63. The Morgan fingerprint density at radius 3 is 2.54 bits per heavy atom. The zero-order chi connectivity index (χ0) is 18.8. The van der Waals surface area contributed by atoms with Gasteiger partial charge >= 0.3 is 5.97 Å². The number of esters is 1. The van der Waals surface area contributed by atoms with Crippen LogP contribution in [0.1, 0.15) is 50.5 Å². The highest BCUT2D eigenvalue weighted by Crippen LogP contribution is 2.24. The molecule has 6 heteroatoms. The van der Waals surface area contributed by atoms with E-state index in [2.05, 4.69) is 4.98 Å². The number of hydrogen-bond acceptors (Lipinski definition) is 4. The summed E-state index contributed by atoms with van der Waals surface area (Å²) in [6.07, 6.45) is 2.10. The first-order valence-electron chi connectivity index (χ1n) is 9.03. The summed E-state index contributed by atoms with van der Waals surface area (Å²) in [6, 6.07) is 8.43. The molecule has 1 aliphatic rings. The van der Waals surface area contributed by atoms with Gasteiger partial charge in [0.1, 0.15) is 5.69 Å². The van der Waals surface area contributed by atoms with Crippen molar-refractivity contribution in [3.63, 3.8) is 0 Å². The number of aromatic nitrogens is 1. The van der Waals surface area contributed by atoms with Crippen LogP contribution >= 0.6 is 0 Å². The van der Waals surface area contributed by atoms with Crippen molar-refractivity contribution in [1.29, 1.82) is 0 Å². The Balaban J connectivity index is 1.77. The van der Waals surface area contributed by atoms with Crippen LogP contribution in [0.3, 0.4) is 0 Å². The second kappa shape index (κ2) is 7.32. The molecule has 6 nitrogen and oxygen atoms in total. The molecule has 0 unspecified atom stereocenters. The van der Waals surface area contributed by atoms with Gasteiger partial charge in [-0.2, -0.15) is 0 Å². The number of carbonyl (C=O) groups is 2. The van der Waals surface area contributed by atoms with Crippen molar-refractivity contribution in [1.82, 2.24) is 9.88 Å². The van der Waals surface area contributed by atoms with E-state index in [-0.39, 0.29) is 29.1 Å². The molecule has 0 aliphatic carbocycles. The van der Waals surface area contributed by atoms with Gasteiger partial charge in [-0.1, -0.05) is 12.1 Å². The number of likely N-dealkylation sites (tertiary alicyclic amines) is 1. The molecule has 1 aromatic heterocycles. The summed E-state index contributed by atoms with van der Waals surface area (Å²) in [7, 11) is 0. The molecule has 0 saturated carbocycles. The molecule has 2 heterocycles. The number of carbonyl (C=O) groups excluding carboxylic acids is 2. The van der Waals surface area contributed by atoms with E-state index in [1.165, 1.54) is 6.07 Å². The second-order valence-corrected chi connectivity index (χ2v) is 7.01. The fourth-order valence-electron chi connectivity index (χ4n) is 3.65. The van der Waals surface area contributed by atoms with Gasteiger partial charge in [0.25, 0.3) is 5.91 Å². The summed E-state index contributed by atoms with van der Waals surface area (Å²) < 4.78 is 5.35. The first-order valence-corrected chi connectivity index (χ1v) is 9.03. The monoisotopic (exact) mass is 356 g/mol. The van der Waals surface area contributed by atoms with Crippen LogP contribution in [0.15, 0.2) is 35.1 Å². The fourth-order valence-corrected chi connectivity index (χ4v) is 3.65. The first-order chi connectivity index (χ1) is 12.4. The third kappa shape index (κ3) is 3.49. The molecule has 3 atom stereocenters. The summed E-state index contributed by atoms with van der Waals surface area (Å²) in [4.78, 5) is 42.1. The number of piperidine rings is 1. The molecule has 1 fully saturated rings. The first kappa shape index (κ1) is 18.2. The average molecular weight is 356 g/mol. The van der Waals surface area contributed by atoms with Gasteiger partial charge in [-0.25, -0.2) is 4.79 Å². The maximum atomic E-state index is 12.7. The molecule has 0 bridgehead atoms. The van der Waals surface area contributed by atoms with Gasteiger partial charge in [0.05, 0.1) is 0 Å². The van der Waals surface area contributed by atoms with Crippen molar-refractivity contribution >= 4 is 22.8 Å². The van der Waals surface area contributed by atoms with Gasteiger partial charge in [-0.3, -0.25) is 9.59 Å². The molecule has 2 aromatic rings. The molecule has 1 aromatic carbocycles. The topological polar surface area (TPSA) is 79.5 Å². The molecule has 3 rings (SSSR count). The number of amides is 1. The Bertz CT molecular complexity index is 879. The Morgan fingerprint density at radius 2 is 1.85 bits per heavy atom. The second-order valence-electron chi connectivity index (χ2n) is 7.01. The molecule has 1 aliphatic heterocycles. The van der Waals surface area contributed by atoms with Crippen molar-refractivity contribution in [2.24, 2.45) is 0 Å². The molecular formula is C20H24N2O4. The quantitative estimate of drug-likeness (QED) is 0.858. The molecule has 1 N–H and O–H groups in total. The lowest BCUT2D eigenvalue weighted by Gasteiger charge is -2.40. The number of aromatic amines is 1. The number of benzene rings is 1. The van der Waals surface area contributed by atoms with E-state index < -0.39 is 12.1 Å². The molecule has 26 heavy (non-hydrogen) atoms. The summed E-state index contributed by atoms with van der Waals surface area (Å²) in [5.74, 6) is -0.896. The minimum absolute atomic E-state index is 0.0492. The summed E-state index contributed by atoms with van der Waals surface area (Å²) in [5.41, 5.74) is 0.348. The van der Waals surface area contributed by atoms with Crippen molar-refractivity contribution in [2.45, 2.75) is 58.2 Å². The third-order valence-electron chi connectivity index (χ3n) is 5.04. The van der Waals surface area contributed by atoms with Crippen LogP contribution in [0.2, 0.25) is 0 Å². The number of ether oxygens (including phenoxy) is 1. The maximum absolute atomic E-state index is 12.7. The zero-order valence-corrected chi connectivity index (χ0v) is 15.3. The average Bonchev–Trinajstić information content (AvgIpc) is 2.61. The zero-order valence-electron chi connectivity index (χ0n) is 15.3. The van der Waals surface area contributed by atoms with Crippen molar-refractivity contribution in [2.75, 3.05) is 0 Å². The SMILES string of the molecule is C[C@@H]1CCC[C@H](C)N1C(=O)[C@@H](C)OC(=O)c1cc(=O)c2ccccc2[nH]1. The number of pyridine rings is 1. The molecule has 138 valence electrons. The predicted octanol–water partition coefficient (Wildman–Crippen LogP) is 2.86. The van der Waals surface area contributed by atoms with Crippen LogP contribution in [0.5, 0.6) is 0 Å². The van der Waals surface area contributed by atoms with E-state index in [1.807, 2.05) is 18.7 Å². The lowest BCUT2D eigenvalue weighted by atomic mass is 9.97. The van der Waals surface area contributed by atoms with Crippen LogP contribution in [0.4, 0.5) is 0 Å². The summed E-state index contributed by atoms with van der Waals surface area (Å²) >= 11 is 0. The molecule has 1 saturated heterocycles. The summed E-state index contributed by atoms with van der Waals surface area (Å²) in [5, 5.41) is 0.504. The van der Waals surface area contributed by atoms with E-state index >= 15 is 0 Å². The standard InChI is InChI=1S/C20H24N2O4/c1-12-7-6-8-13(2)22(12)19(24)14(3)26-20(25)17-11-18(23)15-9-4-5-10-16(15)21-17/h4-5,9-14H,6-8H2,1-3H3,(H,21,23)/t12-,13+,14-/m1/s1. The molecular weight excluding hydrogens is 332 g/mol. The van der Waals surface area contributed by atoms with E-state index in [9.17, 15) is 14.4 Å². The Kier molecular flexibility index (Phi) is 5.11. The lowest BCUT2D eigenvalue weighted by Crippen LogP contribution is -2.51. The number of H-pyrrole nitrogens is 1. The van der Waals surface area contributed by atoms with Crippen LogP contribution in [-0.4, -0.2) is 39.9 Å². The Labute approximate surface area is 152 Å². The molecule has 0 radical (unpaired) electrons. The largest absolute Gasteiger partial charge is 0.448 e. The molecule has 1 amide bonds. The Morgan fingerprint density at radius 1 is 1.19 bits per heavy atom. The van der Waals surface area contributed by atoms with E-state index in [4.69, 9.17) is 4.74 Å². The van der Waals surface area contributed by atoms with E-state index in [0.717, 1.165) is 19.3 Å². The number of rotatable bonds is 3. The predicted molar refractivity (Wildman–Crippen MR) is 99.1 cm³/mol. The van der Waals surface area contributed by atoms with Crippen LogP contribution in [0, 0.1) is 0 Å². The highest BCUT2D eigenvalue weighted by Gasteiger charge is 2.33. The normalized spacial score (nSPS) is 21.4. The van der Waals surface area contributed by atoms with E-state index in [1.54, 1.807) is 31.2 Å². The van der Waals surface area contributed by atoms with Gasteiger partial charge in [-0.15, -0.1) is 0 Å². The molecule has 0 spiro atoms. The highest BCUT2D eigenvalue weighted by atomic mass is 16.5. The fraction of sp³-hybridized carbons (Fsp3) is 0.450. The van der Waals surface area contributed by atoms with Gasteiger partial charge in [0.15, 0.2) is 11.5 Å². The number of nitrogens with one attached hydrogen (secondary N) is 1. The van der Waals surface area contributed by atoms with Crippen molar-refractivity contribution in [3.05, 3.63) is 46.2 Å². The number of fused-ring (bicyclic) bond motifs is 1. The van der Waals surface area contributed by atoms with E-state index in [0.29, 0.717) is 10.9 Å². The van der Waals surface area contributed by atoms with Gasteiger partial charge in [0.2, 0.25) is 0 Å². The van der Waals surface area contributed by atoms with Gasteiger partial charge < -0.3 is 14.6 Å².